The van der Waals surface area contributed by atoms with Crippen molar-refractivity contribution in [1.82, 2.24) is 19.4 Å². The number of hydrogen-bond donors (Lipinski definition) is 1. The number of nitrogens with one attached hydrogen (secondary N) is 1. The number of halogens is 1. The topological polar surface area (TPSA) is 63.1 Å². The average molecular weight is 384 g/mol. The number of rotatable bonds is 3. The van der Waals surface area contributed by atoms with Crippen molar-refractivity contribution in [3.8, 4) is 0 Å². The van der Waals surface area contributed by atoms with Crippen LogP contribution in [-0.2, 0) is 0 Å². The molecule has 0 radical (unpaired) electrons. The van der Waals surface area contributed by atoms with E-state index in [1.54, 1.807) is 18.3 Å². The number of imidazole rings is 1. The summed E-state index contributed by atoms with van der Waals surface area (Å²) in [6.07, 6.45) is 4.52. The van der Waals surface area contributed by atoms with Crippen molar-refractivity contribution in [1.29, 1.82) is 0 Å². The van der Waals surface area contributed by atoms with Crippen LogP contribution in [0.4, 0.5) is 10.5 Å². The van der Waals surface area contributed by atoms with E-state index in [-0.39, 0.29) is 18.0 Å². The standard InChI is InChI=1S/C20H22ClN5O/c1-13(2)26-18-11-22-9-7-17(18)23-19(26)14-8-10-25(12-14)20(27)24-16-6-4-3-5-15(16)21/h3-7,9,11,13-14H,8,10,12H2,1-2H3,(H,24,27). The SMILES string of the molecule is CC(C)n1c(C2CCN(C(=O)Nc3ccccc3Cl)C2)nc2ccncc21. The number of likely N-dealkylation sites (tertiary alicyclic amines) is 1. The van der Waals surface area contributed by atoms with Crippen molar-refractivity contribution < 1.29 is 4.79 Å². The van der Waals surface area contributed by atoms with Crippen LogP contribution >= 0.6 is 11.6 Å². The van der Waals surface area contributed by atoms with Gasteiger partial charge in [-0.3, -0.25) is 4.98 Å². The molecule has 1 atom stereocenters. The summed E-state index contributed by atoms with van der Waals surface area (Å²) in [5, 5.41) is 3.44. The summed E-state index contributed by atoms with van der Waals surface area (Å²) in [5.41, 5.74) is 2.63. The third-order valence-electron chi connectivity index (χ3n) is 4.99. The Morgan fingerprint density at radius 1 is 1.30 bits per heavy atom. The largest absolute Gasteiger partial charge is 0.324 e. The molecule has 1 N–H and O–H groups in total. The highest BCUT2D eigenvalue weighted by Crippen LogP contribution is 2.32. The average Bonchev–Trinajstić information content (AvgIpc) is 3.28. The zero-order valence-corrected chi connectivity index (χ0v) is 16.1. The molecular formula is C20H22ClN5O. The molecule has 0 aliphatic carbocycles. The molecule has 0 saturated carbocycles. The molecule has 3 aromatic rings. The van der Waals surface area contributed by atoms with Gasteiger partial charge in [0.15, 0.2) is 0 Å². The lowest BCUT2D eigenvalue weighted by Gasteiger charge is -2.19. The molecule has 1 unspecified atom stereocenters. The Hall–Kier alpha value is -2.60. The fourth-order valence-corrected chi connectivity index (χ4v) is 3.89. The number of amides is 2. The van der Waals surface area contributed by atoms with Gasteiger partial charge in [-0.1, -0.05) is 23.7 Å². The number of pyridine rings is 1. The van der Waals surface area contributed by atoms with E-state index >= 15 is 0 Å². The first-order valence-corrected chi connectivity index (χ1v) is 9.54. The smallest absolute Gasteiger partial charge is 0.321 e. The number of carbonyl (C=O) groups excluding carboxylic acids is 1. The predicted molar refractivity (Wildman–Crippen MR) is 107 cm³/mol. The highest BCUT2D eigenvalue weighted by molar-refractivity contribution is 6.33. The normalized spacial score (nSPS) is 17.0. The second-order valence-corrected chi connectivity index (χ2v) is 7.55. The highest BCUT2D eigenvalue weighted by Gasteiger charge is 2.31. The van der Waals surface area contributed by atoms with Gasteiger partial charge in [0.2, 0.25) is 0 Å². The number of fused-ring (bicyclic) bond motifs is 1. The van der Waals surface area contributed by atoms with Crippen LogP contribution in [0.2, 0.25) is 5.02 Å². The van der Waals surface area contributed by atoms with Crippen molar-refractivity contribution in [2.24, 2.45) is 0 Å². The quantitative estimate of drug-likeness (QED) is 0.713. The van der Waals surface area contributed by atoms with Crippen LogP contribution in [0, 0.1) is 0 Å². The molecule has 140 valence electrons. The summed E-state index contributed by atoms with van der Waals surface area (Å²) in [6.45, 7) is 5.63. The molecule has 1 aliphatic rings. The molecule has 1 saturated heterocycles. The molecular weight excluding hydrogens is 362 g/mol. The van der Waals surface area contributed by atoms with Gasteiger partial charge in [0.05, 0.1) is 27.9 Å². The number of nitrogens with zero attached hydrogens (tertiary/aromatic N) is 4. The van der Waals surface area contributed by atoms with E-state index in [0.717, 1.165) is 23.3 Å². The van der Waals surface area contributed by atoms with Gasteiger partial charge in [-0.15, -0.1) is 0 Å². The first-order chi connectivity index (χ1) is 13.0. The Bertz CT molecular complexity index is 983. The molecule has 1 aliphatic heterocycles. The van der Waals surface area contributed by atoms with Gasteiger partial charge in [0, 0.05) is 31.2 Å². The minimum atomic E-state index is -0.125. The molecule has 0 spiro atoms. The Kier molecular flexibility index (Phi) is 4.74. The second-order valence-electron chi connectivity index (χ2n) is 7.14. The number of aromatic nitrogens is 3. The van der Waals surface area contributed by atoms with Gasteiger partial charge >= 0.3 is 6.03 Å². The first kappa shape index (κ1) is 17.8. The summed E-state index contributed by atoms with van der Waals surface area (Å²) in [7, 11) is 0. The van der Waals surface area contributed by atoms with Gasteiger partial charge in [0.1, 0.15) is 5.82 Å². The van der Waals surface area contributed by atoms with Gasteiger partial charge in [0.25, 0.3) is 0 Å². The Labute approximate surface area is 163 Å². The lowest BCUT2D eigenvalue weighted by Crippen LogP contribution is -2.33. The molecule has 1 aromatic carbocycles. The molecule has 27 heavy (non-hydrogen) atoms. The number of para-hydroxylation sites is 1. The summed E-state index contributed by atoms with van der Waals surface area (Å²) in [4.78, 5) is 23.6. The number of hydrogen-bond acceptors (Lipinski definition) is 3. The summed E-state index contributed by atoms with van der Waals surface area (Å²) < 4.78 is 2.24. The molecule has 0 bridgehead atoms. The van der Waals surface area contributed by atoms with Crippen LogP contribution < -0.4 is 5.32 Å². The molecule has 4 rings (SSSR count). The van der Waals surface area contributed by atoms with Gasteiger partial charge in [-0.25, -0.2) is 9.78 Å². The van der Waals surface area contributed by atoms with E-state index in [4.69, 9.17) is 16.6 Å². The van der Waals surface area contributed by atoms with Gasteiger partial charge in [-0.2, -0.15) is 0 Å². The fraction of sp³-hybridized carbons (Fsp3) is 0.350. The van der Waals surface area contributed by atoms with Crippen LogP contribution in [0.1, 0.15) is 38.1 Å². The van der Waals surface area contributed by atoms with E-state index < -0.39 is 0 Å². The van der Waals surface area contributed by atoms with E-state index in [9.17, 15) is 4.79 Å². The van der Waals surface area contributed by atoms with Crippen LogP contribution in [0.3, 0.4) is 0 Å². The number of anilines is 1. The van der Waals surface area contributed by atoms with Crippen LogP contribution in [0.25, 0.3) is 11.0 Å². The third-order valence-corrected chi connectivity index (χ3v) is 5.32. The molecule has 2 amide bonds. The highest BCUT2D eigenvalue weighted by atomic mass is 35.5. The van der Waals surface area contributed by atoms with Crippen LogP contribution in [-0.4, -0.2) is 38.6 Å². The van der Waals surface area contributed by atoms with E-state index in [1.165, 1.54) is 0 Å². The zero-order chi connectivity index (χ0) is 19.0. The van der Waals surface area contributed by atoms with Crippen molar-refractivity contribution in [3.63, 3.8) is 0 Å². The minimum Gasteiger partial charge on any atom is -0.324 e. The molecule has 7 heteroatoms. The Balaban J connectivity index is 1.55. The second kappa shape index (κ2) is 7.19. The maximum Gasteiger partial charge on any atom is 0.321 e. The van der Waals surface area contributed by atoms with Gasteiger partial charge < -0.3 is 14.8 Å². The van der Waals surface area contributed by atoms with Crippen LogP contribution in [0.15, 0.2) is 42.7 Å². The maximum atomic E-state index is 12.7. The lowest BCUT2D eigenvalue weighted by molar-refractivity contribution is 0.222. The minimum absolute atomic E-state index is 0.125. The summed E-state index contributed by atoms with van der Waals surface area (Å²) in [6, 6.07) is 9.36. The first-order valence-electron chi connectivity index (χ1n) is 9.17. The molecule has 1 fully saturated rings. The zero-order valence-electron chi connectivity index (χ0n) is 15.4. The van der Waals surface area contributed by atoms with E-state index in [2.05, 4.69) is 28.7 Å². The summed E-state index contributed by atoms with van der Waals surface area (Å²) >= 11 is 6.15. The number of benzene rings is 1. The Morgan fingerprint density at radius 2 is 2.11 bits per heavy atom. The maximum absolute atomic E-state index is 12.7. The van der Waals surface area contributed by atoms with Crippen molar-refractivity contribution in [2.45, 2.75) is 32.2 Å². The fourth-order valence-electron chi connectivity index (χ4n) is 3.70. The molecule has 2 aromatic heterocycles. The third kappa shape index (κ3) is 3.37. The van der Waals surface area contributed by atoms with Crippen molar-refractivity contribution in [2.75, 3.05) is 18.4 Å². The molecule has 3 heterocycles. The van der Waals surface area contributed by atoms with E-state index in [0.29, 0.717) is 23.8 Å². The van der Waals surface area contributed by atoms with Crippen molar-refractivity contribution in [3.05, 3.63) is 53.6 Å². The van der Waals surface area contributed by atoms with Gasteiger partial charge in [-0.05, 0) is 38.5 Å². The van der Waals surface area contributed by atoms with E-state index in [1.807, 2.05) is 29.3 Å². The summed E-state index contributed by atoms with van der Waals surface area (Å²) in [5.74, 6) is 1.23. The van der Waals surface area contributed by atoms with Crippen molar-refractivity contribution >= 4 is 34.4 Å². The van der Waals surface area contributed by atoms with Crippen LogP contribution in [0.5, 0.6) is 0 Å². The Morgan fingerprint density at radius 3 is 2.89 bits per heavy atom. The number of carbonyl (C=O) groups is 1. The lowest BCUT2D eigenvalue weighted by atomic mass is 10.1. The number of urea groups is 1. The monoisotopic (exact) mass is 383 g/mol. The molecule has 6 nitrogen and oxygen atoms in total. The predicted octanol–water partition coefficient (Wildman–Crippen LogP) is 4.69.